The molecule has 1 rings (SSSR count). The Labute approximate surface area is 215 Å². The number of aryl methyl sites for hydroxylation is 2. The van der Waals surface area contributed by atoms with E-state index in [2.05, 4.69) is 42.3 Å². The van der Waals surface area contributed by atoms with Crippen molar-refractivity contribution in [3.8, 4) is 0 Å². The molecule has 0 radical (unpaired) electrons. The van der Waals surface area contributed by atoms with Crippen molar-refractivity contribution >= 4 is 0 Å². The zero-order chi connectivity index (χ0) is 24.5. The molecule has 0 unspecified atom stereocenters. The van der Waals surface area contributed by atoms with Gasteiger partial charge in [0.1, 0.15) is 12.4 Å². The number of rotatable bonds is 26. The first-order chi connectivity index (χ1) is 16.8. The summed E-state index contributed by atoms with van der Waals surface area (Å²) in [5, 5.41) is 0. The van der Waals surface area contributed by atoms with Crippen LogP contribution < -0.4 is 4.57 Å². The molecule has 0 aliphatic rings. The highest BCUT2D eigenvalue weighted by Crippen LogP contribution is 2.14. The Balaban J connectivity index is 2.15. The van der Waals surface area contributed by atoms with Crippen molar-refractivity contribution in [3.63, 3.8) is 0 Å². The summed E-state index contributed by atoms with van der Waals surface area (Å²) in [5.41, 5.74) is 0. The molecule has 0 N–H and O–H groups in total. The standard InChI is InChI=1S/C32H63N2/c1-4-7-10-12-14-15-16-17-18-19-20-21-23-26-29-34-31-30-33(32(34)27-24-9-6-3)28-25-22-13-11-8-5-2/h30-31H,4-29H2,1-3H3/q+1. The average molecular weight is 476 g/mol. The van der Waals surface area contributed by atoms with E-state index in [9.17, 15) is 0 Å². The van der Waals surface area contributed by atoms with E-state index in [1.54, 1.807) is 5.82 Å². The van der Waals surface area contributed by atoms with Crippen molar-refractivity contribution in [3.05, 3.63) is 18.2 Å². The van der Waals surface area contributed by atoms with Crippen LogP contribution >= 0.6 is 0 Å². The number of unbranched alkanes of at least 4 members (excludes halogenated alkanes) is 20. The summed E-state index contributed by atoms with van der Waals surface area (Å²) in [7, 11) is 0. The molecule has 0 atom stereocenters. The minimum atomic E-state index is 1.22. The molecule has 0 amide bonds. The zero-order valence-corrected chi connectivity index (χ0v) is 23.9. The lowest BCUT2D eigenvalue weighted by Gasteiger charge is -2.06. The van der Waals surface area contributed by atoms with E-state index in [1.807, 2.05) is 0 Å². The van der Waals surface area contributed by atoms with E-state index in [1.165, 1.54) is 167 Å². The lowest BCUT2D eigenvalue weighted by Crippen LogP contribution is -2.37. The first-order valence-electron chi connectivity index (χ1n) is 15.9. The van der Waals surface area contributed by atoms with E-state index in [-0.39, 0.29) is 0 Å². The van der Waals surface area contributed by atoms with E-state index >= 15 is 0 Å². The maximum absolute atomic E-state index is 2.59. The molecule has 1 aromatic heterocycles. The number of imidazole rings is 1. The van der Waals surface area contributed by atoms with Gasteiger partial charge in [-0.1, -0.05) is 136 Å². The third-order valence-corrected chi connectivity index (χ3v) is 7.60. The van der Waals surface area contributed by atoms with Gasteiger partial charge in [0.15, 0.2) is 0 Å². The Bertz CT molecular complexity index is 533. The van der Waals surface area contributed by atoms with Crippen molar-refractivity contribution < 1.29 is 4.57 Å². The number of nitrogens with zero attached hydrogens (tertiary/aromatic N) is 2. The van der Waals surface area contributed by atoms with Crippen molar-refractivity contribution in [2.75, 3.05) is 0 Å². The van der Waals surface area contributed by atoms with E-state index in [0.717, 1.165) is 0 Å². The quantitative estimate of drug-likeness (QED) is 0.0930. The topological polar surface area (TPSA) is 8.81 Å². The lowest BCUT2D eigenvalue weighted by atomic mass is 10.0. The van der Waals surface area contributed by atoms with Crippen molar-refractivity contribution in [1.29, 1.82) is 0 Å². The second-order valence-corrected chi connectivity index (χ2v) is 10.9. The number of aromatic nitrogens is 2. The first-order valence-corrected chi connectivity index (χ1v) is 15.9. The summed E-state index contributed by atoms with van der Waals surface area (Å²) in [6, 6.07) is 0. The smallest absolute Gasteiger partial charge is 0.234 e. The Kier molecular flexibility index (Phi) is 22.0. The van der Waals surface area contributed by atoms with Gasteiger partial charge in [-0.15, -0.1) is 0 Å². The minimum Gasteiger partial charge on any atom is -0.234 e. The van der Waals surface area contributed by atoms with Crippen LogP contribution in [0.5, 0.6) is 0 Å². The zero-order valence-electron chi connectivity index (χ0n) is 23.9. The van der Waals surface area contributed by atoms with Crippen LogP contribution in [0.25, 0.3) is 0 Å². The largest absolute Gasteiger partial charge is 0.256 e. The Morgan fingerprint density at radius 3 is 1.41 bits per heavy atom. The highest BCUT2D eigenvalue weighted by molar-refractivity contribution is 4.84. The van der Waals surface area contributed by atoms with Crippen LogP contribution in [0.1, 0.15) is 174 Å². The maximum Gasteiger partial charge on any atom is 0.256 e. The minimum absolute atomic E-state index is 1.22. The van der Waals surface area contributed by atoms with Crippen molar-refractivity contribution in [1.82, 2.24) is 4.57 Å². The van der Waals surface area contributed by atoms with Crippen LogP contribution in [-0.2, 0) is 19.5 Å². The molecule has 0 spiro atoms. The maximum atomic E-state index is 2.59. The summed E-state index contributed by atoms with van der Waals surface area (Å²) >= 11 is 0. The van der Waals surface area contributed by atoms with Gasteiger partial charge in [-0.3, -0.25) is 0 Å². The molecular formula is C32H63N2+. The van der Waals surface area contributed by atoms with Gasteiger partial charge in [-0.25, -0.2) is 9.13 Å². The highest BCUT2D eigenvalue weighted by Gasteiger charge is 2.16. The molecular weight excluding hydrogens is 412 g/mol. The predicted octanol–water partition coefficient (Wildman–Crippen LogP) is 10.4. The summed E-state index contributed by atoms with van der Waals surface area (Å²) in [5.74, 6) is 1.59. The number of hydrogen-bond donors (Lipinski definition) is 0. The molecule has 0 bridgehead atoms. The fourth-order valence-electron chi connectivity index (χ4n) is 5.26. The fraction of sp³-hybridized carbons (Fsp3) is 0.906. The van der Waals surface area contributed by atoms with Gasteiger partial charge in [-0.05, 0) is 32.1 Å². The molecule has 200 valence electrons. The van der Waals surface area contributed by atoms with Crippen LogP contribution in [0, 0.1) is 0 Å². The summed E-state index contributed by atoms with van der Waals surface area (Å²) in [6.07, 6.45) is 38.5. The van der Waals surface area contributed by atoms with Gasteiger partial charge in [0, 0.05) is 6.42 Å². The average Bonchev–Trinajstić information content (AvgIpc) is 3.23. The third kappa shape index (κ3) is 16.8. The van der Waals surface area contributed by atoms with Crippen molar-refractivity contribution in [2.45, 2.75) is 188 Å². The van der Waals surface area contributed by atoms with Gasteiger partial charge >= 0.3 is 0 Å². The second-order valence-electron chi connectivity index (χ2n) is 10.9. The van der Waals surface area contributed by atoms with Crippen LogP contribution in [0.3, 0.4) is 0 Å². The molecule has 2 nitrogen and oxygen atoms in total. The molecule has 0 saturated heterocycles. The van der Waals surface area contributed by atoms with E-state index in [4.69, 9.17) is 0 Å². The van der Waals surface area contributed by atoms with Crippen LogP contribution in [0.15, 0.2) is 12.4 Å². The van der Waals surface area contributed by atoms with Crippen LogP contribution in [0.2, 0.25) is 0 Å². The molecule has 1 aromatic rings. The molecule has 0 aliphatic heterocycles. The lowest BCUT2D eigenvalue weighted by molar-refractivity contribution is -0.704. The first kappa shape index (κ1) is 31.2. The Morgan fingerprint density at radius 1 is 0.500 bits per heavy atom. The van der Waals surface area contributed by atoms with Gasteiger partial charge in [0.25, 0.3) is 5.82 Å². The van der Waals surface area contributed by atoms with Crippen molar-refractivity contribution in [2.24, 2.45) is 0 Å². The molecule has 0 aromatic carbocycles. The van der Waals surface area contributed by atoms with E-state index < -0.39 is 0 Å². The highest BCUT2D eigenvalue weighted by atomic mass is 15.1. The van der Waals surface area contributed by atoms with Crippen LogP contribution in [0.4, 0.5) is 0 Å². The Morgan fingerprint density at radius 2 is 0.912 bits per heavy atom. The normalized spacial score (nSPS) is 11.5. The van der Waals surface area contributed by atoms with Crippen LogP contribution in [-0.4, -0.2) is 4.57 Å². The summed E-state index contributed by atoms with van der Waals surface area (Å²) < 4.78 is 5.17. The van der Waals surface area contributed by atoms with E-state index in [0.29, 0.717) is 0 Å². The molecule has 1 heterocycles. The summed E-state index contributed by atoms with van der Waals surface area (Å²) in [4.78, 5) is 0. The fourth-order valence-corrected chi connectivity index (χ4v) is 5.26. The third-order valence-electron chi connectivity index (χ3n) is 7.60. The SMILES string of the molecule is CCCCCCCCCCCCCCCC[n+]1ccn(CCCCCCCC)c1CCCCC. The second kappa shape index (κ2) is 23.9. The van der Waals surface area contributed by atoms with Gasteiger partial charge in [-0.2, -0.15) is 0 Å². The number of hydrogen-bond acceptors (Lipinski definition) is 0. The molecule has 0 saturated carbocycles. The monoisotopic (exact) mass is 475 g/mol. The molecule has 0 fully saturated rings. The molecule has 2 heteroatoms. The van der Waals surface area contributed by atoms with Gasteiger partial charge < -0.3 is 0 Å². The summed E-state index contributed by atoms with van der Waals surface area (Å²) in [6.45, 7) is 9.37. The molecule has 34 heavy (non-hydrogen) atoms. The predicted molar refractivity (Wildman–Crippen MR) is 152 cm³/mol. The van der Waals surface area contributed by atoms with Gasteiger partial charge in [0.05, 0.1) is 13.1 Å². The van der Waals surface area contributed by atoms with Gasteiger partial charge in [0.2, 0.25) is 0 Å². The Hall–Kier alpha value is -0.790. The molecule has 0 aliphatic carbocycles.